The van der Waals surface area contributed by atoms with Crippen molar-refractivity contribution in [3.05, 3.63) is 59.1 Å². The summed E-state index contributed by atoms with van der Waals surface area (Å²) in [5.41, 5.74) is 7.97. The molecule has 6 nitrogen and oxygen atoms in total. The van der Waals surface area contributed by atoms with Crippen molar-refractivity contribution in [2.24, 2.45) is 0 Å². The lowest BCUT2D eigenvalue weighted by molar-refractivity contribution is 0.0336. The average Bonchev–Trinajstić information content (AvgIpc) is 2.61. The van der Waals surface area contributed by atoms with Crippen LogP contribution >= 0.6 is 0 Å². The maximum atomic E-state index is 12.8. The molecule has 2 heterocycles. The van der Waals surface area contributed by atoms with Crippen LogP contribution in [-0.4, -0.2) is 29.9 Å². The number of nitrogens with zero attached hydrogens (tertiary/aromatic N) is 2. The number of nitrogens with two attached hydrogens (primary N) is 1. The molecule has 0 amide bonds. The summed E-state index contributed by atoms with van der Waals surface area (Å²) >= 11 is 0. The van der Waals surface area contributed by atoms with E-state index in [1.807, 2.05) is 36.4 Å². The zero-order chi connectivity index (χ0) is 16.9. The molecule has 0 unspecified atom stereocenters. The highest BCUT2D eigenvalue weighted by Crippen LogP contribution is 2.23. The highest BCUT2D eigenvalue weighted by atomic mass is 16.5. The van der Waals surface area contributed by atoms with Crippen LogP contribution in [0.15, 0.2) is 53.6 Å². The number of nitrogen functional groups attached to an aromatic ring is 1. The van der Waals surface area contributed by atoms with Crippen LogP contribution in [0.25, 0.3) is 22.0 Å². The molecule has 0 saturated carbocycles. The fraction of sp³-hybridized carbons (Fsp3) is 0.222. The fourth-order valence-electron chi connectivity index (χ4n) is 2.51. The lowest BCUT2D eigenvalue weighted by Crippen LogP contribution is -2.24. The van der Waals surface area contributed by atoms with Gasteiger partial charge < -0.3 is 15.2 Å². The van der Waals surface area contributed by atoms with E-state index in [0.717, 1.165) is 16.6 Å². The average molecular weight is 325 g/mol. The van der Waals surface area contributed by atoms with E-state index in [9.17, 15) is 4.79 Å². The third-order valence-corrected chi connectivity index (χ3v) is 3.77. The Bertz CT molecular complexity index is 888. The summed E-state index contributed by atoms with van der Waals surface area (Å²) in [6.45, 7) is 1.03. The van der Waals surface area contributed by atoms with Gasteiger partial charge in [0.1, 0.15) is 6.73 Å². The second-order valence-electron chi connectivity index (χ2n) is 5.38. The van der Waals surface area contributed by atoms with E-state index in [1.165, 1.54) is 0 Å². The molecule has 6 heteroatoms. The lowest BCUT2D eigenvalue weighted by atomic mass is 10.1. The van der Waals surface area contributed by atoms with Gasteiger partial charge in [-0.2, -0.15) is 0 Å². The van der Waals surface area contributed by atoms with Crippen molar-refractivity contribution in [1.82, 2.24) is 9.55 Å². The molecule has 2 aromatic heterocycles. The molecule has 0 atom stereocenters. The van der Waals surface area contributed by atoms with E-state index in [4.69, 9.17) is 15.2 Å². The Balaban J connectivity index is 2.10. The number of ether oxygens (including phenoxy) is 2. The number of fused-ring (bicyclic) bond motifs is 1. The van der Waals surface area contributed by atoms with E-state index in [0.29, 0.717) is 24.3 Å². The minimum absolute atomic E-state index is 0.134. The molecular formula is C18H19N3O3. The first kappa shape index (κ1) is 16.2. The molecule has 3 aromatic rings. The second-order valence-corrected chi connectivity index (χ2v) is 5.38. The third-order valence-electron chi connectivity index (χ3n) is 3.77. The number of benzene rings is 1. The third kappa shape index (κ3) is 3.29. The summed E-state index contributed by atoms with van der Waals surface area (Å²) in [4.78, 5) is 16.9. The van der Waals surface area contributed by atoms with Crippen LogP contribution in [0.1, 0.15) is 0 Å². The SMILES string of the molecule is COCCOCn1c(-c2ccc(N)cc2)cc2ccncc2c1=O. The van der Waals surface area contributed by atoms with Crippen LogP contribution in [-0.2, 0) is 16.2 Å². The van der Waals surface area contributed by atoms with Crippen molar-refractivity contribution in [1.29, 1.82) is 0 Å². The fourth-order valence-corrected chi connectivity index (χ4v) is 2.51. The minimum atomic E-state index is -0.134. The number of rotatable bonds is 6. The molecule has 0 spiro atoms. The number of hydrogen-bond donors (Lipinski definition) is 1. The topological polar surface area (TPSA) is 79.4 Å². The molecule has 0 aliphatic heterocycles. The van der Waals surface area contributed by atoms with Gasteiger partial charge in [0.25, 0.3) is 5.56 Å². The standard InChI is InChI=1S/C18H19N3O3/c1-23-8-9-24-12-21-17(13-2-4-15(19)5-3-13)10-14-6-7-20-11-16(14)18(21)22/h2-7,10-11H,8-9,12,19H2,1H3. The molecule has 0 bridgehead atoms. The summed E-state index contributed by atoms with van der Waals surface area (Å²) in [5, 5.41) is 1.40. The Kier molecular flexibility index (Phi) is 4.88. The molecule has 1 aromatic carbocycles. The molecule has 2 N–H and O–H groups in total. The van der Waals surface area contributed by atoms with Gasteiger partial charge in [0.15, 0.2) is 0 Å². The lowest BCUT2D eigenvalue weighted by Gasteiger charge is -2.15. The Morgan fingerprint density at radius 3 is 2.71 bits per heavy atom. The van der Waals surface area contributed by atoms with Crippen molar-refractivity contribution < 1.29 is 9.47 Å². The zero-order valence-corrected chi connectivity index (χ0v) is 13.4. The number of anilines is 1. The maximum absolute atomic E-state index is 12.8. The predicted molar refractivity (Wildman–Crippen MR) is 93.7 cm³/mol. The summed E-state index contributed by atoms with van der Waals surface area (Å²) < 4.78 is 12.1. The van der Waals surface area contributed by atoms with Gasteiger partial charge in [-0.15, -0.1) is 0 Å². The van der Waals surface area contributed by atoms with Gasteiger partial charge >= 0.3 is 0 Å². The number of pyridine rings is 2. The van der Waals surface area contributed by atoms with Gasteiger partial charge in [-0.3, -0.25) is 14.3 Å². The zero-order valence-electron chi connectivity index (χ0n) is 13.4. The van der Waals surface area contributed by atoms with Crippen molar-refractivity contribution in [3.8, 4) is 11.3 Å². The van der Waals surface area contributed by atoms with Crippen molar-refractivity contribution in [3.63, 3.8) is 0 Å². The minimum Gasteiger partial charge on any atom is -0.399 e. The molecular weight excluding hydrogens is 306 g/mol. The molecule has 0 saturated heterocycles. The molecule has 0 fully saturated rings. The molecule has 124 valence electrons. The van der Waals surface area contributed by atoms with Gasteiger partial charge in [0, 0.05) is 25.2 Å². The van der Waals surface area contributed by atoms with Crippen LogP contribution in [0.5, 0.6) is 0 Å². The van der Waals surface area contributed by atoms with Gasteiger partial charge in [-0.1, -0.05) is 12.1 Å². The Morgan fingerprint density at radius 2 is 1.96 bits per heavy atom. The Morgan fingerprint density at radius 1 is 1.17 bits per heavy atom. The van der Waals surface area contributed by atoms with E-state index >= 15 is 0 Å². The first-order valence-electron chi connectivity index (χ1n) is 7.61. The van der Waals surface area contributed by atoms with Gasteiger partial charge in [0.2, 0.25) is 0 Å². The summed E-state index contributed by atoms with van der Waals surface area (Å²) in [5.74, 6) is 0. The monoisotopic (exact) mass is 325 g/mol. The number of methoxy groups -OCH3 is 1. The van der Waals surface area contributed by atoms with Crippen LogP contribution < -0.4 is 11.3 Å². The predicted octanol–water partition coefficient (Wildman–Crippen LogP) is 2.27. The van der Waals surface area contributed by atoms with Crippen molar-refractivity contribution in [2.75, 3.05) is 26.1 Å². The first-order chi connectivity index (χ1) is 11.7. The molecule has 0 aliphatic rings. The molecule has 3 rings (SSSR count). The number of hydrogen-bond acceptors (Lipinski definition) is 5. The van der Waals surface area contributed by atoms with E-state index < -0.39 is 0 Å². The number of aromatic nitrogens is 2. The highest BCUT2D eigenvalue weighted by molar-refractivity contribution is 5.84. The molecule has 0 radical (unpaired) electrons. The van der Waals surface area contributed by atoms with Crippen LogP contribution in [0.2, 0.25) is 0 Å². The van der Waals surface area contributed by atoms with Crippen LogP contribution in [0.4, 0.5) is 5.69 Å². The molecule has 24 heavy (non-hydrogen) atoms. The van der Waals surface area contributed by atoms with Gasteiger partial charge in [-0.25, -0.2) is 0 Å². The van der Waals surface area contributed by atoms with Crippen molar-refractivity contribution in [2.45, 2.75) is 6.73 Å². The van der Waals surface area contributed by atoms with Gasteiger partial charge in [-0.05, 0) is 35.2 Å². The Labute approximate surface area is 139 Å². The smallest absolute Gasteiger partial charge is 0.262 e. The van der Waals surface area contributed by atoms with Crippen LogP contribution in [0.3, 0.4) is 0 Å². The normalized spacial score (nSPS) is 11.0. The second kappa shape index (κ2) is 7.25. The largest absolute Gasteiger partial charge is 0.399 e. The van der Waals surface area contributed by atoms with E-state index in [2.05, 4.69) is 4.98 Å². The summed E-state index contributed by atoms with van der Waals surface area (Å²) in [6, 6.07) is 11.2. The van der Waals surface area contributed by atoms with E-state index in [-0.39, 0.29) is 12.3 Å². The molecule has 0 aliphatic carbocycles. The summed E-state index contributed by atoms with van der Waals surface area (Å²) in [6.07, 6.45) is 3.25. The highest BCUT2D eigenvalue weighted by Gasteiger charge is 2.11. The van der Waals surface area contributed by atoms with Crippen molar-refractivity contribution >= 4 is 16.5 Å². The quantitative estimate of drug-likeness (QED) is 0.555. The van der Waals surface area contributed by atoms with Gasteiger partial charge in [0.05, 0.1) is 24.3 Å². The summed E-state index contributed by atoms with van der Waals surface area (Å²) in [7, 11) is 1.61. The first-order valence-corrected chi connectivity index (χ1v) is 7.61. The van der Waals surface area contributed by atoms with Crippen LogP contribution in [0, 0.1) is 0 Å². The Hall–Kier alpha value is -2.70. The maximum Gasteiger partial charge on any atom is 0.262 e. The van der Waals surface area contributed by atoms with E-state index in [1.54, 1.807) is 24.1 Å².